The summed E-state index contributed by atoms with van der Waals surface area (Å²) in [4.78, 5) is 24.8. The lowest BCUT2D eigenvalue weighted by molar-refractivity contribution is 0.102. The molecule has 3 N–H and O–H groups in total. The van der Waals surface area contributed by atoms with E-state index in [0.29, 0.717) is 28.5 Å². The highest BCUT2D eigenvalue weighted by molar-refractivity contribution is 6.05. The first-order valence-corrected chi connectivity index (χ1v) is 8.79. The molecule has 0 saturated carbocycles. The minimum atomic E-state index is -0.710. The molecule has 0 unspecified atom stereocenters. The quantitative estimate of drug-likeness (QED) is 0.464. The second kappa shape index (κ2) is 7.60. The molecule has 0 radical (unpaired) electrons. The number of hydrogen-bond donors (Lipinski definition) is 3. The highest BCUT2D eigenvalue weighted by Crippen LogP contribution is 2.27. The van der Waals surface area contributed by atoms with E-state index in [0.717, 1.165) is 5.57 Å². The predicted octanol–water partition coefficient (Wildman–Crippen LogP) is 4.27. The molecule has 3 rings (SSSR count). The van der Waals surface area contributed by atoms with Gasteiger partial charge in [-0.2, -0.15) is 0 Å². The van der Waals surface area contributed by atoms with Crippen molar-refractivity contribution in [2.75, 3.05) is 5.32 Å². The summed E-state index contributed by atoms with van der Waals surface area (Å²) in [6, 6.07) is 9.15. The number of phenolic OH excluding ortho intramolecular Hbond substituents is 2. The summed E-state index contributed by atoms with van der Waals surface area (Å²) < 4.78 is 5.27. The van der Waals surface area contributed by atoms with Crippen LogP contribution in [0.4, 0.5) is 5.69 Å². The third kappa shape index (κ3) is 3.91. The first-order valence-electron chi connectivity index (χ1n) is 8.79. The first-order chi connectivity index (χ1) is 13.3. The van der Waals surface area contributed by atoms with E-state index in [1.807, 2.05) is 19.9 Å². The van der Waals surface area contributed by atoms with Crippen molar-refractivity contribution >= 4 is 22.6 Å². The van der Waals surface area contributed by atoms with Gasteiger partial charge in [-0.3, -0.25) is 4.79 Å². The Bertz CT molecular complexity index is 1150. The zero-order chi connectivity index (χ0) is 20.4. The Hall–Kier alpha value is -3.54. The largest absolute Gasteiger partial charge is 0.508 e. The molecule has 144 valence electrons. The highest BCUT2D eigenvalue weighted by Gasteiger charge is 2.14. The van der Waals surface area contributed by atoms with Crippen molar-refractivity contribution in [3.8, 4) is 11.5 Å². The van der Waals surface area contributed by atoms with Crippen LogP contribution in [0.3, 0.4) is 0 Å². The molecule has 0 bridgehead atoms. The maximum Gasteiger partial charge on any atom is 0.360 e. The molecular weight excluding hydrogens is 358 g/mol. The van der Waals surface area contributed by atoms with Gasteiger partial charge in [0.1, 0.15) is 22.8 Å². The fraction of sp³-hybridized carbons (Fsp3) is 0.182. The van der Waals surface area contributed by atoms with Gasteiger partial charge in [-0.15, -0.1) is 0 Å². The van der Waals surface area contributed by atoms with E-state index in [9.17, 15) is 19.8 Å². The molecule has 0 fully saturated rings. The van der Waals surface area contributed by atoms with Crippen molar-refractivity contribution in [2.24, 2.45) is 0 Å². The Morgan fingerprint density at radius 3 is 2.54 bits per heavy atom. The maximum atomic E-state index is 12.6. The maximum absolute atomic E-state index is 12.6. The van der Waals surface area contributed by atoms with E-state index in [-0.39, 0.29) is 22.8 Å². The van der Waals surface area contributed by atoms with Crippen LogP contribution in [-0.2, 0) is 6.42 Å². The summed E-state index contributed by atoms with van der Waals surface area (Å²) in [5.41, 5.74) is 2.05. The minimum Gasteiger partial charge on any atom is -0.508 e. The lowest BCUT2D eigenvalue weighted by Crippen LogP contribution is -2.18. The number of aromatic hydroxyl groups is 2. The number of carbonyl (C=O) groups excluding carboxylic acids is 1. The molecule has 0 spiro atoms. The Balaban J connectivity index is 1.92. The zero-order valence-corrected chi connectivity index (χ0v) is 15.9. The van der Waals surface area contributed by atoms with E-state index in [2.05, 4.69) is 5.32 Å². The van der Waals surface area contributed by atoms with Gasteiger partial charge in [0, 0.05) is 16.5 Å². The summed E-state index contributed by atoms with van der Waals surface area (Å²) in [7, 11) is 0. The number of phenols is 2. The second-order valence-electron chi connectivity index (χ2n) is 6.86. The number of benzene rings is 2. The fourth-order valence-corrected chi connectivity index (χ4v) is 2.80. The van der Waals surface area contributed by atoms with Gasteiger partial charge in [0.25, 0.3) is 5.91 Å². The van der Waals surface area contributed by atoms with Crippen molar-refractivity contribution in [3.05, 3.63) is 75.2 Å². The van der Waals surface area contributed by atoms with Gasteiger partial charge in [0.05, 0.1) is 0 Å². The topological polar surface area (TPSA) is 99.8 Å². The summed E-state index contributed by atoms with van der Waals surface area (Å²) in [5, 5.41) is 22.9. The summed E-state index contributed by atoms with van der Waals surface area (Å²) in [5.74, 6) is -0.351. The smallest absolute Gasteiger partial charge is 0.360 e. The molecule has 1 amide bonds. The normalized spacial score (nSPS) is 10.7. The molecule has 28 heavy (non-hydrogen) atoms. The number of carbonyl (C=O) groups is 1. The molecular formula is C22H21NO5. The molecule has 0 aliphatic rings. The Morgan fingerprint density at radius 2 is 1.82 bits per heavy atom. The van der Waals surface area contributed by atoms with Crippen LogP contribution in [0.15, 0.2) is 57.3 Å². The van der Waals surface area contributed by atoms with Crippen LogP contribution in [0.5, 0.6) is 11.5 Å². The standard InChI is InChI=1S/C22H21NO5/c1-12(2)4-5-14-10-16(7-9-19(14)25)21(26)23-17-11-15-6-8-18(24)13(3)20(15)28-22(17)27/h4,6-11,24-25H,5H2,1-3H3,(H,23,26). The molecule has 0 saturated heterocycles. The molecule has 0 aliphatic heterocycles. The van der Waals surface area contributed by atoms with Gasteiger partial charge < -0.3 is 19.9 Å². The minimum absolute atomic E-state index is 0.00140. The Kier molecular flexibility index (Phi) is 5.22. The number of allylic oxidation sites excluding steroid dienone is 2. The lowest BCUT2D eigenvalue weighted by atomic mass is 10.0. The van der Waals surface area contributed by atoms with E-state index >= 15 is 0 Å². The van der Waals surface area contributed by atoms with E-state index < -0.39 is 11.5 Å². The average molecular weight is 379 g/mol. The van der Waals surface area contributed by atoms with Gasteiger partial charge in [0.2, 0.25) is 0 Å². The number of hydrogen-bond acceptors (Lipinski definition) is 5. The number of nitrogens with one attached hydrogen (secondary N) is 1. The van der Waals surface area contributed by atoms with Crippen molar-refractivity contribution < 1.29 is 19.4 Å². The molecule has 0 aliphatic carbocycles. The van der Waals surface area contributed by atoms with E-state index in [4.69, 9.17) is 4.42 Å². The molecule has 1 heterocycles. The molecule has 0 atom stereocenters. The predicted molar refractivity (Wildman–Crippen MR) is 108 cm³/mol. The third-order valence-electron chi connectivity index (χ3n) is 4.44. The number of fused-ring (bicyclic) bond motifs is 1. The summed E-state index contributed by atoms with van der Waals surface area (Å²) >= 11 is 0. The number of aryl methyl sites for hydroxylation is 1. The molecule has 1 aromatic heterocycles. The van der Waals surface area contributed by atoms with Crippen LogP contribution in [0, 0.1) is 6.92 Å². The third-order valence-corrected chi connectivity index (χ3v) is 4.44. The van der Waals surface area contributed by atoms with Gasteiger partial charge in [-0.25, -0.2) is 4.79 Å². The van der Waals surface area contributed by atoms with Gasteiger partial charge in [-0.1, -0.05) is 11.6 Å². The lowest BCUT2D eigenvalue weighted by Gasteiger charge is -2.09. The Labute approximate surface area is 161 Å². The average Bonchev–Trinajstić information content (AvgIpc) is 2.65. The first kappa shape index (κ1) is 19.2. The fourth-order valence-electron chi connectivity index (χ4n) is 2.80. The number of rotatable bonds is 4. The van der Waals surface area contributed by atoms with Crippen LogP contribution >= 0.6 is 0 Å². The van der Waals surface area contributed by atoms with Gasteiger partial charge in [0.15, 0.2) is 0 Å². The summed E-state index contributed by atoms with van der Waals surface area (Å²) in [6.45, 7) is 5.55. The van der Waals surface area contributed by atoms with Crippen LogP contribution in [0.25, 0.3) is 11.0 Å². The molecule has 6 heteroatoms. The van der Waals surface area contributed by atoms with Gasteiger partial charge >= 0.3 is 5.63 Å². The SMILES string of the molecule is CC(C)=CCc1cc(C(=O)Nc2cc3ccc(O)c(C)c3oc2=O)ccc1O. The molecule has 2 aromatic carbocycles. The zero-order valence-electron chi connectivity index (χ0n) is 15.9. The van der Waals surface area contributed by atoms with Crippen molar-refractivity contribution in [3.63, 3.8) is 0 Å². The van der Waals surface area contributed by atoms with Crippen molar-refractivity contribution in [2.45, 2.75) is 27.2 Å². The van der Waals surface area contributed by atoms with Crippen LogP contribution in [-0.4, -0.2) is 16.1 Å². The van der Waals surface area contributed by atoms with Crippen molar-refractivity contribution in [1.82, 2.24) is 0 Å². The van der Waals surface area contributed by atoms with Crippen molar-refractivity contribution in [1.29, 1.82) is 0 Å². The van der Waals surface area contributed by atoms with Crippen LogP contribution in [0.1, 0.15) is 35.3 Å². The number of anilines is 1. The number of amides is 1. The van der Waals surface area contributed by atoms with Crippen LogP contribution in [0.2, 0.25) is 0 Å². The van der Waals surface area contributed by atoms with E-state index in [1.165, 1.54) is 24.3 Å². The summed E-state index contributed by atoms with van der Waals surface area (Å²) in [6.07, 6.45) is 2.45. The monoisotopic (exact) mass is 379 g/mol. The molecule has 3 aromatic rings. The Morgan fingerprint density at radius 1 is 1.11 bits per heavy atom. The molecule has 6 nitrogen and oxygen atoms in total. The van der Waals surface area contributed by atoms with Crippen LogP contribution < -0.4 is 10.9 Å². The second-order valence-corrected chi connectivity index (χ2v) is 6.86. The van der Waals surface area contributed by atoms with Gasteiger partial charge in [-0.05, 0) is 69.2 Å². The van der Waals surface area contributed by atoms with E-state index in [1.54, 1.807) is 19.1 Å². The highest BCUT2D eigenvalue weighted by atomic mass is 16.4.